The summed E-state index contributed by atoms with van der Waals surface area (Å²) in [5, 5.41) is 5.38. The van der Waals surface area contributed by atoms with Crippen molar-refractivity contribution in [3.8, 4) is 0 Å². The lowest BCUT2D eigenvalue weighted by atomic mass is 9.84. The number of urea groups is 1. The minimum absolute atomic E-state index is 0.119. The van der Waals surface area contributed by atoms with Crippen LogP contribution >= 0.6 is 0 Å². The zero-order chi connectivity index (χ0) is 17.1. The number of nitrogens with zero attached hydrogens (tertiary/aromatic N) is 1. The summed E-state index contributed by atoms with van der Waals surface area (Å²) in [6, 6.07) is 3.40. The Morgan fingerprint density at radius 2 is 2.21 bits per heavy atom. The molecular formula is C18H27N3O3. The molecule has 0 aliphatic heterocycles. The van der Waals surface area contributed by atoms with E-state index in [0.29, 0.717) is 12.5 Å². The molecule has 3 amide bonds. The molecule has 2 N–H and O–H groups in total. The molecule has 0 aromatic carbocycles. The van der Waals surface area contributed by atoms with Crippen LogP contribution in [-0.2, 0) is 11.3 Å². The Morgan fingerprint density at radius 1 is 1.38 bits per heavy atom. The third kappa shape index (κ3) is 4.17. The topological polar surface area (TPSA) is 74.6 Å². The largest absolute Gasteiger partial charge is 0.468 e. The molecule has 6 heteroatoms. The van der Waals surface area contributed by atoms with Crippen molar-refractivity contribution in [2.75, 3.05) is 13.6 Å². The van der Waals surface area contributed by atoms with Crippen LogP contribution in [0, 0.1) is 17.8 Å². The summed E-state index contributed by atoms with van der Waals surface area (Å²) >= 11 is 0. The van der Waals surface area contributed by atoms with Crippen LogP contribution in [0.3, 0.4) is 0 Å². The van der Waals surface area contributed by atoms with Crippen LogP contribution in [0.2, 0.25) is 0 Å². The minimum atomic E-state index is -0.387. The van der Waals surface area contributed by atoms with Gasteiger partial charge in [-0.15, -0.1) is 0 Å². The molecule has 2 aliphatic carbocycles. The Balaban J connectivity index is 1.38. The van der Waals surface area contributed by atoms with Crippen LogP contribution in [-0.4, -0.2) is 36.5 Å². The van der Waals surface area contributed by atoms with Crippen molar-refractivity contribution in [1.82, 2.24) is 15.5 Å². The predicted molar refractivity (Wildman–Crippen MR) is 90.1 cm³/mol. The van der Waals surface area contributed by atoms with Crippen LogP contribution < -0.4 is 10.6 Å². The third-order valence-corrected chi connectivity index (χ3v) is 5.47. The average Bonchev–Trinajstić information content (AvgIpc) is 3.23. The highest BCUT2D eigenvalue weighted by Gasteiger charge is 2.42. The highest BCUT2D eigenvalue weighted by molar-refractivity contribution is 5.95. The van der Waals surface area contributed by atoms with Crippen LogP contribution in [0.5, 0.6) is 0 Å². The van der Waals surface area contributed by atoms with Gasteiger partial charge in [0, 0.05) is 6.04 Å². The number of furan rings is 1. The normalized spacial score (nSPS) is 26.5. The molecule has 0 saturated heterocycles. The molecule has 24 heavy (non-hydrogen) atoms. The second-order valence-corrected chi connectivity index (χ2v) is 7.40. The van der Waals surface area contributed by atoms with Gasteiger partial charge in [0.2, 0.25) is 5.91 Å². The van der Waals surface area contributed by atoms with E-state index in [4.69, 9.17) is 4.42 Å². The van der Waals surface area contributed by atoms with Gasteiger partial charge in [-0.25, -0.2) is 4.79 Å². The molecule has 2 saturated carbocycles. The van der Waals surface area contributed by atoms with E-state index in [9.17, 15) is 9.59 Å². The number of carbonyl (C=O) groups is 2. The molecule has 2 aliphatic rings. The van der Waals surface area contributed by atoms with E-state index in [0.717, 1.165) is 17.6 Å². The van der Waals surface area contributed by atoms with E-state index in [1.807, 2.05) is 19.2 Å². The maximum atomic E-state index is 12.0. The minimum Gasteiger partial charge on any atom is -0.468 e. The van der Waals surface area contributed by atoms with E-state index in [2.05, 4.69) is 17.6 Å². The smallest absolute Gasteiger partial charge is 0.321 e. The maximum Gasteiger partial charge on any atom is 0.321 e. The molecular weight excluding hydrogens is 306 g/mol. The van der Waals surface area contributed by atoms with Gasteiger partial charge in [-0.3, -0.25) is 15.0 Å². The zero-order valence-electron chi connectivity index (χ0n) is 14.5. The highest BCUT2D eigenvalue weighted by Crippen LogP contribution is 2.49. The summed E-state index contributed by atoms with van der Waals surface area (Å²) in [7, 11) is 1.82. The number of fused-ring (bicyclic) bond motifs is 2. The monoisotopic (exact) mass is 333 g/mol. The van der Waals surface area contributed by atoms with E-state index in [-0.39, 0.29) is 24.5 Å². The highest BCUT2D eigenvalue weighted by atomic mass is 16.3. The number of likely N-dealkylation sites (N-methyl/N-ethyl adjacent to an activating group) is 1. The van der Waals surface area contributed by atoms with Crippen molar-refractivity contribution < 1.29 is 14.0 Å². The molecule has 1 aromatic heterocycles. The number of imide groups is 1. The second kappa shape index (κ2) is 7.38. The standard InChI is InChI=1S/C18H27N3O3/c1-12(16-9-13-5-6-14(16)8-13)19-18(23)20-17(22)11-21(2)10-15-4-3-7-24-15/h3-4,7,12-14,16H,5-6,8-11H2,1-2H3,(H2,19,20,22,23). The molecule has 2 bridgehead atoms. The van der Waals surface area contributed by atoms with E-state index in [1.54, 1.807) is 11.2 Å². The fourth-order valence-electron chi connectivity index (χ4n) is 4.39. The number of hydrogen-bond acceptors (Lipinski definition) is 4. The van der Waals surface area contributed by atoms with Crippen LogP contribution in [0.1, 0.15) is 38.4 Å². The summed E-state index contributed by atoms with van der Waals surface area (Å²) in [4.78, 5) is 25.8. The summed E-state index contributed by atoms with van der Waals surface area (Å²) in [6.45, 7) is 2.73. The number of amides is 3. The van der Waals surface area contributed by atoms with Crippen molar-refractivity contribution in [2.24, 2.45) is 17.8 Å². The van der Waals surface area contributed by atoms with E-state index >= 15 is 0 Å². The molecule has 3 rings (SSSR count). The van der Waals surface area contributed by atoms with Gasteiger partial charge in [-0.05, 0) is 63.1 Å². The molecule has 1 aromatic rings. The lowest BCUT2D eigenvalue weighted by Gasteiger charge is -2.28. The summed E-state index contributed by atoms with van der Waals surface area (Å²) in [5.41, 5.74) is 0. The Hall–Kier alpha value is -1.82. The number of carbonyl (C=O) groups excluding carboxylic acids is 2. The first-order valence-corrected chi connectivity index (χ1v) is 8.82. The lowest BCUT2D eigenvalue weighted by Crippen LogP contribution is -2.48. The third-order valence-electron chi connectivity index (χ3n) is 5.47. The second-order valence-electron chi connectivity index (χ2n) is 7.40. The Kier molecular flexibility index (Phi) is 5.23. The quantitative estimate of drug-likeness (QED) is 0.838. The molecule has 2 fully saturated rings. The number of nitrogens with one attached hydrogen (secondary N) is 2. The van der Waals surface area contributed by atoms with Crippen molar-refractivity contribution in [2.45, 2.75) is 45.2 Å². The Bertz CT molecular complexity index is 572. The van der Waals surface area contributed by atoms with Gasteiger partial charge in [0.15, 0.2) is 0 Å². The molecule has 132 valence electrons. The molecule has 4 atom stereocenters. The number of hydrogen-bond donors (Lipinski definition) is 2. The van der Waals surface area contributed by atoms with Crippen LogP contribution in [0.15, 0.2) is 22.8 Å². The first-order chi connectivity index (χ1) is 11.5. The van der Waals surface area contributed by atoms with Crippen molar-refractivity contribution in [3.05, 3.63) is 24.2 Å². The molecule has 4 unspecified atom stereocenters. The fraction of sp³-hybridized carbons (Fsp3) is 0.667. The first kappa shape index (κ1) is 17.0. The average molecular weight is 333 g/mol. The summed E-state index contributed by atoms with van der Waals surface area (Å²) in [5.74, 6) is 2.65. The summed E-state index contributed by atoms with van der Waals surface area (Å²) in [6.07, 6.45) is 6.77. The van der Waals surface area contributed by atoms with E-state index in [1.165, 1.54) is 25.7 Å². The SMILES string of the molecule is CC(NC(=O)NC(=O)CN(C)Cc1ccco1)C1CC2CCC1C2. The van der Waals surface area contributed by atoms with Crippen LogP contribution in [0.4, 0.5) is 4.79 Å². The van der Waals surface area contributed by atoms with Crippen LogP contribution in [0.25, 0.3) is 0 Å². The van der Waals surface area contributed by atoms with Gasteiger partial charge in [0.25, 0.3) is 0 Å². The fourth-order valence-corrected chi connectivity index (χ4v) is 4.39. The first-order valence-electron chi connectivity index (χ1n) is 8.82. The molecule has 1 heterocycles. The molecule has 0 spiro atoms. The van der Waals surface area contributed by atoms with Gasteiger partial charge in [0.1, 0.15) is 5.76 Å². The summed E-state index contributed by atoms with van der Waals surface area (Å²) < 4.78 is 5.25. The molecule has 0 radical (unpaired) electrons. The number of rotatable bonds is 6. The maximum absolute atomic E-state index is 12.0. The molecule has 6 nitrogen and oxygen atoms in total. The predicted octanol–water partition coefficient (Wildman–Crippen LogP) is 2.36. The van der Waals surface area contributed by atoms with Crippen molar-refractivity contribution >= 4 is 11.9 Å². The Labute approximate surface area is 143 Å². The zero-order valence-corrected chi connectivity index (χ0v) is 14.5. The van der Waals surface area contributed by atoms with Gasteiger partial charge in [-0.1, -0.05) is 6.42 Å². The van der Waals surface area contributed by atoms with Gasteiger partial charge in [-0.2, -0.15) is 0 Å². The van der Waals surface area contributed by atoms with Gasteiger partial charge >= 0.3 is 6.03 Å². The lowest BCUT2D eigenvalue weighted by molar-refractivity contribution is -0.121. The Morgan fingerprint density at radius 3 is 2.83 bits per heavy atom. The van der Waals surface area contributed by atoms with Gasteiger partial charge in [0.05, 0.1) is 19.4 Å². The van der Waals surface area contributed by atoms with Crippen molar-refractivity contribution in [3.63, 3.8) is 0 Å². The van der Waals surface area contributed by atoms with E-state index < -0.39 is 0 Å². The van der Waals surface area contributed by atoms with Gasteiger partial charge < -0.3 is 9.73 Å². The van der Waals surface area contributed by atoms with Crippen molar-refractivity contribution in [1.29, 1.82) is 0 Å².